The summed E-state index contributed by atoms with van der Waals surface area (Å²) in [4.78, 5) is 26.5. The van der Waals surface area contributed by atoms with Gasteiger partial charge < -0.3 is 10.2 Å². The first-order chi connectivity index (χ1) is 13.1. The Labute approximate surface area is 163 Å². The van der Waals surface area contributed by atoms with Crippen molar-refractivity contribution in [3.05, 3.63) is 64.4 Å². The summed E-state index contributed by atoms with van der Waals surface area (Å²) in [5.74, 6) is -3.94. The molecular formula is C19H15ClF4N2O2. The fraction of sp³-hybridized carbons (Fsp3) is 0.263. The zero-order chi connectivity index (χ0) is 20.6. The van der Waals surface area contributed by atoms with E-state index in [-0.39, 0.29) is 17.3 Å². The van der Waals surface area contributed by atoms with Crippen molar-refractivity contribution in [1.82, 2.24) is 4.90 Å². The van der Waals surface area contributed by atoms with Crippen LogP contribution in [0.15, 0.2) is 42.5 Å². The van der Waals surface area contributed by atoms with Gasteiger partial charge in [-0.2, -0.15) is 13.2 Å². The van der Waals surface area contributed by atoms with Crippen molar-refractivity contribution in [2.75, 3.05) is 18.9 Å². The minimum absolute atomic E-state index is 0.153. The molecule has 0 radical (unpaired) electrons. The maximum Gasteiger partial charge on any atom is 0.416 e. The number of likely N-dealkylation sites (N-methyl/N-ethyl adjacent to an activating group) is 1. The third kappa shape index (κ3) is 3.82. The lowest BCUT2D eigenvalue weighted by atomic mass is 9.87. The number of hydrogen-bond donors (Lipinski definition) is 1. The van der Waals surface area contributed by atoms with Crippen LogP contribution in [-0.2, 0) is 15.8 Å². The van der Waals surface area contributed by atoms with Crippen molar-refractivity contribution in [1.29, 1.82) is 0 Å². The Morgan fingerprint density at radius 1 is 1.18 bits per heavy atom. The van der Waals surface area contributed by atoms with Gasteiger partial charge in [-0.05, 0) is 29.8 Å². The van der Waals surface area contributed by atoms with Gasteiger partial charge in [-0.15, -0.1) is 0 Å². The number of hydrogen-bond acceptors (Lipinski definition) is 2. The normalized spacial score (nSPS) is 19.8. The highest BCUT2D eigenvalue weighted by molar-refractivity contribution is 6.31. The molecule has 0 saturated carbocycles. The Kier molecular flexibility index (Phi) is 5.34. The molecule has 1 saturated heterocycles. The molecule has 4 nitrogen and oxygen atoms in total. The van der Waals surface area contributed by atoms with Gasteiger partial charge in [-0.3, -0.25) is 9.59 Å². The molecule has 0 aliphatic carbocycles. The lowest BCUT2D eigenvalue weighted by Gasteiger charge is -2.18. The Morgan fingerprint density at radius 3 is 2.43 bits per heavy atom. The summed E-state index contributed by atoms with van der Waals surface area (Å²) >= 11 is 5.69. The molecule has 1 N–H and O–H groups in total. The third-order valence-corrected chi connectivity index (χ3v) is 4.97. The van der Waals surface area contributed by atoms with E-state index in [1.54, 1.807) is 0 Å². The topological polar surface area (TPSA) is 49.4 Å². The molecule has 28 heavy (non-hydrogen) atoms. The molecule has 2 aromatic rings. The quantitative estimate of drug-likeness (QED) is 0.601. The van der Waals surface area contributed by atoms with Crippen molar-refractivity contribution in [3.8, 4) is 0 Å². The summed E-state index contributed by atoms with van der Waals surface area (Å²) in [6.45, 7) is 0.153. The van der Waals surface area contributed by atoms with Gasteiger partial charge in [-0.25, -0.2) is 4.39 Å². The number of alkyl halides is 3. The van der Waals surface area contributed by atoms with E-state index in [1.807, 2.05) is 0 Å². The summed E-state index contributed by atoms with van der Waals surface area (Å²) in [6, 6.07) is 8.37. The van der Waals surface area contributed by atoms with Crippen LogP contribution in [0.2, 0.25) is 5.02 Å². The molecule has 0 unspecified atom stereocenters. The monoisotopic (exact) mass is 414 g/mol. The smallest absolute Gasteiger partial charge is 0.344 e. The Bertz CT molecular complexity index is 915. The highest BCUT2D eigenvalue weighted by Crippen LogP contribution is 2.36. The van der Waals surface area contributed by atoms with Crippen LogP contribution < -0.4 is 5.32 Å². The lowest BCUT2D eigenvalue weighted by molar-refractivity contribution is -0.138. The molecule has 1 aliphatic rings. The second kappa shape index (κ2) is 7.43. The fourth-order valence-electron chi connectivity index (χ4n) is 3.22. The van der Waals surface area contributed by atoms with Gasteiger partial charge in [0.15, 0.2) is 5.82 Å². The van der Waals surface area contributed by atoms with Crippen LogP contribution in [0.1, 0.15) is 17.0 Å². The van der Waals surface area contributed by atoms with Crippen LogP contribution in [-0.4, -0.2) is 30.3 Å². The Balaban J connectivity index is 1.88. The SMILES string of the molecule is CN1C[C@H](c2ccc(C(F)(F)F)cc2)[C@@H](C(=O)Nc2cccc(Cl)c2F)C1=O. The number of carbonyl (C=O) groups excluding carboxylic acids is 2. The van der Waals surface area contributed by atoms with E-state index in [0.717, 1.165) is 12.1 Å². The van der Waals surface area contributed by atoms with E-state index in [4.69, 9.17) is 11.6 Å². The van der Waals surface area contributed by atoms with Crippen molar-refractivity contribution in [2.45, 2.75) is 12.1 Å². The number of nitrogens with one attached hydrogen (secondary N) is 1. The first kappa shape index (κ1) is 20.1. The van der Waals surface area contributed by atoms with Crippen molar-refractivity contribution >= 4 is 29.1 Å². The fourth-order valence-corrected chi connectivity index (χ4v) is 3.40. The summed E-state index contributed by atoms with van der Waals surface area (Å²) in [5, 5.41) is 2.17. The average molecular weight is 415 g/mol. The van der Waals surface area contributed by atoms with Crippen LogP contribution >= 0.6 is 11.6 Å². The number of amides is 2. The van der Waals surface area contributed by atoms with E-state index in [1.165, 1.54) is 42.3 Å². The van der Waals surface area contributed by atoms with Gasteiger partial charge in [0.05, 0.1) is 16.3 Å². The molecule has 148 valence electrons. The maximum atomic E-state index is 14.1. The van der Waals surface area contributed by atoms with Crippen LogP contribution in [0.5, 0.6) is 0 Å². The van der Waals surface area contributed by atoms with Crippen molar-refractivity contribution in [3.63, 3.8) is 0 Å². The van der Waals surface area contributed by atoms with Gasteiger partial charge >= 0.3 is 6.18 Å². The van der Waals surface area contributed by atoms with Gasteiger partial charge in [0, 0.05) is 19.5 Å². The van der Waals surface area contributed by atoms with Crippen LogP contribution in [0.4, 0.5) is 23.2 Å². The van der Waals surface area contributed by atoms with Crippen LogP contribution in [0, 0.1) is 11.7 Å². The summed E-state index contributed by atoms with van der Waals surface area (Å²) in [7, 11) is 1.49. The summed E-state index contributed by atoms with van der Waals surface area (Å²) in [6.07, 6.45) is -4.48. The van der Waals surface area contributed by atoms with Crippen LogP contribution in [0.3, 0.4) is 0 Å². The summed E-state index contributed by atoms with van der Waals surface area (Å²) < 4.78 is 52.3. The van der Waals surface area contributed by atoms with E-state index in [9.17, 15) is 27.2 Å². The van der Waals surface area contributed by atoms with E-state index < -0.39 is 41.2 Å². The van der Waals surface area contributed by atoms with Gasteiger partial charge in [0.2, 0.25) is 11.8 Å². The molecule has 1 fully saturated rings. The number of benzene rings is 2. The van der Waals surface area contributed by atoms with Crippen LogP contribution in [0.25, 0.3) is 0 Å². The zero-order valence-corrected chi connectivity index (χ0v) is 15.3. The molecule has 2 aromatic carbocycles. The molecule has 3 rings (SSSR count). The van der Waals surface area contributed by atoms with E-state index in [0.29, 0.717) is 5.56 Å². The second-order valence-electron chi connectivity index (χ2n) is 6.51. The van der Waals surface area contributed by atoms with Crippen molar-refractivity contribution < 1.29 is 27.2 Å². The van der Waals surface area contributed by atoms with E-state index >= 15 is 0 Å². The number of likely N-dealkylation sites (tertiary alicyclic amines) is 1. The molecule has 0 spiro atoms. The lowest BCUT2D eigenvalue weighted by Crippen LogP contribution is -2.33. The van der Waals surface area contributed by atoms with Crippen molar-refractivity contribution in [2.24, 2.45) is 5.92 Å². The zero-order valence-electron chi connectivity index (χ0n) is 14.6. The van der Waals surface area contributed by atoms with Gasteiger partial charge in [-0.1, -0.05) is 29.8 Å². The molecule has 2 amide bonds. The van der Waals surface area contributed by atoms with E-state index in [2.05, 4.69) is 5.32 Å². The molecule has 1 heterocycles. The minimum atomic E-state index is -4.48. The highest BCUT2D eigenvalue weighted by Gasteiger charge is 2.44. The number of anilines is 1. The third-order valence-electron chi connectivity index (χ3n) is 4.67. The first-order valence-corrected chi connectivity index (χ1v) is 8.64. The maximum absolute atomic E-state index is 14.1. The highest BCUT2D eigenvalue weighted by atomic mass is 35.5. The minimum Gasteiger partial charge on any atom is -0.344 e. The summed E-state index contributed by atoms with van der Waals surface area (Å²) in [5.41, 5.74) is -0.584. The largest absolute Gasteiger partial charge is 0.416 e. The number of carbonyl (C=O) groups is 2. The molecule has 0 bridgehead atoms. The van der Waals surface area contributed by atoms with Gasteiger partial charge in [0.1, 0.15) is 5.92 Å². The molecular weight excluding hydrogens is 400 g/mol. The Hall–Kier alpha value is -2.61. The Morgan fingerprint density at radius 2 is 1.82 bits per heavy atom. The molecule has 1 aliphatic heterocycles. The standard InChI is InChI=1S/C19H15ClF4N2O2/c1-26-9-12(10-5-7-11(8-6-10)19(22,23)24)15(18(26)28)17(27)25-14-4-2-3-13(20)16(14)21/h2-8,12,15H,9H2,1H3,(H,25,27)/t12-,15+/m1/s1. The molecule has 9 heteroatoms. The average Bonchev–Trinajstić information content (AvgIpc) is 2.93. The molecule has 0 aromatic heterocycles. The predicted octanol–water partition coefficient (Wildman–Crippen LogP) is 4.31. The predicted molar refractivity (Wildman–Crippen MR) is 95.4 cm³/mol. The number of halogens is 5. The molecule has 2 atom stereocenters. The second-order valence-corrected chi connectivity index (χ2v) is 6.92. The first-order valence-electron chi connectivity index (χ1n) is 8.26. The number of nitrogens with zero attached hydrogens (tertiary/aromatic N) is 1. The van der Waals surface area contributed by atoms with Gasteiger partial charge in [0.25, 0.3) is 0 Å². The number of rotatable bonds is 3.